The first-order chi connectivity index (χ1) is 12.2. The lowest BCUT2D eigenvalue weighted by Gasteiger charge is -2.25. The van der Waals surface area contributed by atoms with Crippen molar-refractivity contribution < 1.29 is 15.3 Å². The van der Waals surface area contributed by atoms with Crippen molar-refractivity contribution in [3.05, 3.63) is 34.5 Å². The van der Waals surface area contributed by atoms with Gasteiger partial charge in [-0.3, -0.25) is 4.90 Å². The Labute approximate surface area is 153 Å². The Morgan fingerprint density at radius 3 is 2.56 bits per heavy atom. The number of hydrogen-bond acceptors (Lipinski definition) is 4. The maximum Gasteiger partial charge on any atom is 0.0845 e. The Balaban J connectivity index is 1.88. The number of aromatic nitrogens is 1. The zero-order valence-electron chi connectivity index (χ0n) is 14.5. The van der Waals surface area contributed by atoms with Gasteiger partial charge in [0.25, 0.3) is 0 Å². The van der Waals surface area contributed by atoms with Crippen molar-refractivity contribution in [2.45, 2.75) is 38.3 Å². The zero-order chi connectivity index (χ0) is 17.8. The lowest BCUT2D eigenvalue weighted by Crippen LogP contribution is -2.38. The lowest BCUT2D eigenvalue weighted by atomic mass is 9.95. The van der Waals surface area contributed by atoms with Crippen molar-refractivity contribution in [3.8, 4) is 0 Å². The molecule has 3 rings (SSSR count). The monoisotopic (exact) mass is 366 g/mol. The summed E-state index contributed by atoms with van der Waals surface area (Å²) in [7, 11) is 0. The van der Waals surface area contributed by atoms with E-state index in [0.29, 0.717) is 26.2 Å². The SMILES string of the molecule is OCCN(CCO)C[C@@H](O)Cn1c2c(c3cccc(Cl)c31)CCCC2. The van der Waals surface area contributed by atoms with E-state index in [0.717, 1.165) is 29.8 Å². The quantitative estimate of drug-likeness (QED) is 0.666. The number of halogens is 1. The lowest BCUT2D eigenvalue weighted by molar-refractivity contribution is 0.0775. The van der Waals surface area contributed by atoms with E-state index in [-0.39, 0.29) is 13.2 Å². The van der Waals surface area contributed by atoms with E-state index in [1.54, 1.807) is 0 Å². The average Bonchev–Trinajstić information content (AvgIpc) is 2.91. The minimum atomic E-state index is -0.587. The topological polar surface area (TPSA) is 68.9 Å². The van der Waals surface area contributed by atoms with Crippen molar-refractivity contribution in [1.29, 1.82) is 0 Å². The normalized spacial score (nSPS) is 15.7. The third kappa shape index (κ3) is 4.01. The third-order valence-electron chi connectivity index (χ3n) is 5.04. The fraction of sp³-hybridized carbons (Fsp3) is 0.579. The third-order valence-corrected chi connectivity index (χ3v) is 5.35. The van der Waals surface area contributed by atoms with Gasteiger partial charge in [-0.25, -0.2) is 0 Å². The van der Waals surface area contributed by atoms with Gasteiger partial charge in [-0.2, -0.15) is 0 Å². The first-order valence-electron chi connectivity index (χ1n) is 9.06. The molecule has 0 bridgehead atoms. The Hall–Kier alpha value is -1.11. The van der Waals surface area contributed by atoms with E-state index >= 15 is 0 Å². The summed E-state index contributed by atoms with van der Waals surface area (Å²) in [5, 5.41) is 30.8. The van der Waals surface area contributed by atoms with Crippen molar-refractivity contribution >= 4 is 22.5 Å². The molecule has 0 saturated heterocycles. The Kier molecular flexibility index (Phi) is 6.36. The molecule has 0 radical (unpaired) electrons. The molecule has 1 aromatic carbocycles. The summed E-state index contributed by atoms with van der Waals surface area (Å²) in [5.41, 5.74) is 3.69. The molecule has 0 amide bonds. The highest BCUT2D eigenvalue weighted by Crippen LogP contribution is 2.35. The second kappa shape index (κ2) is 8.52. The van der Waals surface area contributed by atoms with Crippen LogP contribution in [0.25, 0.3) is 10.9 Å². The maximum absolute atomic E-state index is 10.6. The molecule has 5 nitrogen and oxygen atoms in total. The molecule has 25 heavy (non-hydrogen) atoms. The summed E-state index contributed by atoms with van der Waals surface area (Å²) in [6.07, 6.45) is 3.86. The van der Waals surface area contributed by atoms with Crippen LogP contribution in [0.15, 0.2) is 18.2 Å². The highest BCUT2D eigenvalue weighted by Gasteiger charge is 2.23. The van der Waals surface area contributed by atoms with Crippen LogP contribution in [0, 0.1) is 0 Å². The standard InChI is InChI=1S/C19H27ClN2O3/c20-17-6-3-5-16-15-4-1-2-7-18(15)22(19(16)17)13-14(25)12-21(8-10-23)9-11-24/h3,5-6,14,23-25H,1-2,4,7-13H2/t14-/m1/s1. The largest absolute Gasteiger partial charge is 0.395 e. The Morgan fingerprint density at radius 1 is 1.12 bits per heavy atom. The number of rotatable bonds is 8. The number of nitrogens with zero attached hydrogens (tertiary/aromatic N) is 2. The van der Waals surface area contributed by atoms with Gasteiger partial charge in [-0.1, -0.05) is 23.7 Å². The minimum absolute atomic E-state index is 0.0143. The van der Waals surface area contributed by atoms with Gasteiger partial charge in [0, 0.05) is 30.7 Å². The summed E-state index contributed by atoms with van der Waals surface area (Å²) in [6, 6.07) is 6.02. The predicted molar refractivity (Wildman–Crippen MR) is 100 cm³/mol. The van der Waals surface area contributed by atoms with E-state index in [1.807, 2.05) is 17.0 Å². The fourth-order valence-electron chi connectivity index (χ4n) is 3.99. The van der Waals surface area contributed by atoms with Crippen LogP contribution in [-0.4, -0.2) is 63.7 Å². The summed E-state index contributed by atoms with van der Waals surface area (Å²) in [4.78, 5) is 1.88. The number of fused-ring (bicyclic) bond motifs is 3. The second-order valence-corrected chi connectivity index (χ2v) is 7.19. The summed E-state index contributed by atoms with van der Waals surface area (Å²) >= 11 is 6.49. The Bertz CT molecular complexity index is 710. The van der Waals surface area contributed by atoms with E-state index in [4.69, 9.17) is 21.8 Å². The van der Waals surface area contributed by atoms with Crippen LogP contribution in [0.5, 0.6) is 0 Å². The summed E-state index contributed by atoms with van der Waals surface area (Å²) in [6.45, 7) is 1.82. The number of aryl methyl sites for hydroxylation is 1. The maximum atomic E-state index is 10.6. The molecule has 0 aliphatic heterocycles. The number of hydrogen-bond donors (Lipinski definition) is 3. The van der Waals surface area contributed by atoms with Gasteiger partial charge in [-0.15, -0.1) is 0 Å². The fourth-order valence-corrected chi connectivity index (χ4v) is 4.27. The van der Waals surface area contributed by atoms with Crippen LogP contribution < -0.4 is 0 Å². The van der Waals surface area contributed by atoms with Crippen LogP contribution in [0.1, 0.15) is 24.1 Å². The highest BCUT2D eigenvalue weighted by molar-refractivity contribution is 6.35. The first kappa shape index (κ1) is 18.7. The highest BCUT2D eigenvalue weighted by atomic mass is 35.5. The predicted octanol–water partition coefficient (Wildman–Crippen LogP) is 1.82. The smallest absolute Gasteiger partial charge is 0.0845 e. The average molecular weight is 367 g/mol. The van der Waals surface area contributed by atoms with Crippen LogP contribution >= 0.6 is 11.6 Å². The molecule has 0 fully saturated rings. The summed E-state index contributed by atoms with van der Waals surface area (Å²) in [5.74, 6) is 0. The van der Waals surface area contributed by atoms with Gasteiger partial charge in [0.2, 0.25) is 0 Å². The van der Waals surface area contributed by atoms with Gasteiger partial charge < -0.3 is 19.9 Å². The molecule has 2 aromatic rings. The van der Waals surface area contributed by atoms with Crippen LogP contribution in [-0.2, 0) is 19.4 Å². The second-order valence-electron chi connectivity index (χ2n) is 6.78. The van der Waals surface area contributed by atoms with Crippen LogP contribution in [0.2, 0.25) is 5.02 Å². The number of benzene rings is 1. The van der Waals surface area contributed by atoms with E-state index in [1.165, 1.54) is 23.1 Å². The molecule has 3 N–H and O–H groups in total. The molecular formula is C19H27ClN2O3. The van der Waals surface area contributed by atoms with Gasteiger partial charge in [0.05, 0.1) is 36.4 Å². The Morgan fingerprint density at radius 2 is 1.84 bits per heavy atom. The first-order valence-corrected chi connectivity index (χ1v) is 9.44. The van der Waals surface area contributed by atoms with Crippen LogP contribution in [0.3, 0.4) is 0 Å². The van der Waals surface area contributed by atoms with Gasteiger partial charge >= 0.3 is 0 Å². The molecule has 1 aliphatic carbocycles. The van der Waals surface area contributed by atoms with Crippen molar-refractivity contribution in [2.75, 3.05) is 32.8 Å². The van der Waals surface area contributed by atoms with Gasteiger partial charge in [-0.05, 0) is 37.3 Å². The zero-order valence-corrected chi connectivity index (χ0v) is 15.3. The van der Waals surface area contributed by atoms with Crippen molar-refractivity contribution in [2.24, 2.45) is 0 Å². The summed E-state index contributed by atoms with van der Waals surface area (Å²) < 4.78 is 2.19. The van der Waals surface area contributed by atoms with E-state index < -0.39 is 6.10 Å². The number of para-hydroxylation sites is 1. The van der Waals surface area contributed by atoms with E-state index in [9.17, 15) is 5.11 Å². The minimum Gasteiger partial charge on any atom is -0.395 e. The van der Waals surface area contributed by atoms with E-state index in [2.05, 4.69) is 10.6 Å². The van der Waals surface area contributed by atoms with Gasteiger partial charge in [0.1, 0.15) is 0 Å². The van der Waals surface area contributed by atoms with Gasteiger partial charge in [0.15, 0.2) is 0 Å². The molecule has 6 heteroatoms. The molecule has 1 aromatic heterocycles. The molecular weight excluding hydrogens is 340 g/mol. The molecule has 1 aliphatic rings. The van der Waals surface area contributed by atoms with Crippen LogP contribution in [0.4, 0.5) is 0 Å². The molecule has 138 valence electrons. The number of aliphatic hydroxyl groups is 3. The molecule has 0 saturated carbocycles. The van der Waals surface area contributed by atoms with Crippen molar-refractivity contribution in [1.82, 2.24) is 9.47 Å². The molecule has 0 spiro atoms. The molecule has 1 atom stereocenters. The molecule has 0 unspecified atom stereocenters. The van der Waals surface area contributed by atoms with Crippen molar-refractivity contribution in [3.63, 3.8) is 0 Å². The molecule has 1 heterocycles. The number of aliphatic hydroxyl groups excluding tert-OH is 3.